The summed E-state index contributed by atoms with van der Waals surface area (Å²) in [6.45, 7) is 0.712. The number of ether oxygens (including phenoxy) is 1. The Balaban J connectivity index is 1.56. The molecular formula is C13H24N2O3S. The van der Waals surface area contributed by atoms with Gasteiger partial charge in [0.05, 0.1) is 17.9 Å². The summed E-state index contributed by atoms with van der Waals surface area (Å²) in [5, 5.41) is 0. The molecule has 2 aliphatic carbocycles. The highest BCUT2D eigenvalue weighted by atomic mass is 32.2. The molecule has 5 nitrogen and oxygen atoms in total. The lowest BCUT2D eigenvalue weighted by Crippen LogP contribution is -2.69. The summed E-state index contributed by atoms with van der Waals surface area (Å²) in [6, 6.07) is -0.283. The second-order valence-electron chi connectivity index (χ2n) is 6.29. The number of hydrogen-bond acceptors (Lipinski definition) is 4. The van der Waals surface area contributed by atoms with Gasteiger partial charge in [0.25, 0.3) is 0 Å². The van der Waals surface area contributed by atoms with Crippen molar-refractivity contribution in [3.63, 3.8) is 0 Å². The Morgan fingerprint density at radius 3 is 2.63 bits per heavy atom. The molecule has 0 aromatic rings. The lowest BCUT2D eigenvalue weighted by Gasteiger charge is -2.45. The van der Waals surface area contributed by atoms with E-state index in [1.165, 1.54) is 6.42 Å². The average Bonchev–Trinajstić information content (AvgIpc) is 2.82. The van der Waals surface area contributed by atoms with E-state index in [4.69, 9.17) is 10.5 Å². The maximum absolute atomic E-state index is 12.2. The highest BCUT2D eigenvalue weighted by Gasteiger charge is 2.53. The molecule has 0 spiro atoms. The standard InChI is InChI=1S/C13H24N2O3S/c14-11-10-6-7-18-13(10)12(11)15-19(16,17)8-9-4-2-1-3-5-9/h9-13,15H,1-8,14H2. The molecule has 6 heteroatoms. The minimum absolute atomic E-state index is 0.0103. The van der Waals surface area contributed by atoms with Gasteiger partial charge in [-0.3, -0.25) is 0 Å². The molecule has 19 heavy (non-hydrogen) atoms. The van der Waals surface area contributed by atoms with Gasteiger partial charge in [-0.25, -0.2) is 13.1 Å². The summed E-state index contributed by atoms with van der Waals surface area (Å²) in [7, 11) is -3.22. The molecule has 1 heterocycles. The molecule has 110 valence electrons. The first-order valence-electron chi connectivity index (χ1n) is 7.44. The van der Waals surface area contributed by atoms with Crippen LogP contribution < -0.4 is 10.5 Å². The molecular weight excluding hydrogens is 264 g/mol. The molecule has 1 saturated heterocycles. The first kappa shape index (κ1) is 13.8. The Morgan fingerprint density at radius 2 is 1.89 bits per heavy atom. The number of sulfonamides is 1. The van der Waals surface area contributed by atoms with Crippen LogP contribution >= 0.6 is 0 Å². The number of rotatable bonds is 4. The van der Waals surface area contributed by atoms with E-state index in [1.807, 2.05) is 0 Å². The van der Waals surface area contributed by atoms with Crippen LogP contribution in [0.2, 0.25) is 0 Å². The van der Waals surface area contributed by atoms with Crippen LogP contribution in [0.1, 0.15) is 38.5 Å². The predicted octanol–water partition coefficient (Wildman–Crippen LogP) is 0.601. The van der Waals surface area contributed by atoms with Crippen LogP contribution in [0.5, 0.6) is 0 Å². The Labute approximate surface area is 115 Å². The Kier molecular flexibility index (Phi) is 3.86. The zero-order chi connectivity index (χ0) is 13.5. The topological polar surface area (TPSA) is 81.4 Å². The van der Waals surface area contributed by atoms with Gasteiger partial charge in [0.2, 0.25) is 10.0 Å². The zero-order valence-corrected chi connectivity index (χ0v) is 12.1. The molecule has 0 aromatic heterocycles. The van der Waals surface area contributed by atoms with E-state index in [2.05, 4.69) is 4.72 Å². The van der Waals surface area contributed by atoms with Crippen molar-refractivity contribution in [2.45, 2.75) is 56.7 Å². The first-order chi connectivity index (χ1) is 9.07. The van der Waals surface area contributed by atoms with Crippen molar-refractivity contribution in [1.82, 2.24) is 4.72 Å². The summed E-state index contributed by atoms with van der Waals surface area (Å²) >= 11 is 0. The number of fused-ring (bicyclic) bond motifs is 1. The Bertz CT molecular complexity index is 420. The summed E-state index contributed by atoms with van der Waals surface area (Å²) in [6.07, 6.45) is 6.63. The smallest absolute Gasteiger partial charge is 0.212 e. The molecule has 0 amide bonds. The molecule has 3 rings (SSSR count). The number of nitrogens with two attached hydrogens (primary N) is 1. The van der Waals surface area contributed by atoms with Crippen LogP contribution in [0.25, 0.3) is 0 Å². The van der Waals surface area contributed by atoms with Crippen LogP contribution in [0.3, 0.4) is 0 Å². The maximum atomic E-state index is 12.2. The van der Waals surface area contributed by atoms with E-state index in [-0.39, 0.29) is 23.9 Å². The van der Waals surface area contributed by atoms with Crippen molar-refractivity contribution in [1.29, 1.82) is 0 Å². The average molecular weight is 288 g/mol. The fraction of sp³-hybridized carbons (Fsp3) is 1.00. The zero-order valence-electron chi connectivity index (χ0n) is 11.3. The van der Waals surface area contributed by atoms with Gasteiger partial charge in [-0.2, -0.15) is 0 Å². The molecule has 0 bridgehead atoms. The SMILES string of the molecule is NC1C2CCOC2C1NS(=O)(=O)CC1CCCCC1. The third-order valence-electron chi connectivity index (χ3n) is 4.94. The van der Waals surface area contributed by atoms with Gasteiger partial charge >= 0.3 is 0 Å². The molecule has 0 aromatic carbocycles. The summed E-state index contributed by atoms with van der Waals surface area (Å²) in [4.78, 5) is 0. The molecule has 1 aliphatic heterocycles. The third-order valence-corrected chi connectivity index (χ3v) is 6.48. The first-order valence-corrected chi connectivity index (χ1v) is 9.09. The normalized spacial score (nSPS) is 39.8. The van der Waals surface area contributed by atoms with Gasteiger partial charge < -0.3 is 10.5 Å². The fourth-order valence-electron chi connectivity index (χ4n) is 3.81. The minimum Gasteiger partial charge on any atom is -0.376 e. The van der Waals surface area contributed by atoms with E-state index < -0.39 is 10.0 Å². The fourth-order valence-corrected chi connectivity index (χ4v) is 5.57. The molecule has 3 fully saturated rings. The van der Waals surface area contributed by atoms with E-state index in [0.29, 0.717) is 18.4 Å². The summed E-state index contributed by atoms with van der Waals surface area (Å²) in [5.41, 5.74) is 6.04. The van der Waals surface area contributed by atoms with Gasteiger partial charge in [0, 0.05) is 18.6 Å². The lowest BCUT2D eigenvalue weighted by atomic mass is 9.73. The van der Waals surface area contributed by atoms with Crippen molar-refractivity contribution in [2.24, 2.45) is 17.6 Å². The molecule has 2 saturated carbocycles. The van der Waals surface area contributed by atoms with Crippen molar-refractivity contribution in [2.75, 3.05) is 12.4 Å². The van der Waals surface area contributed by atoms with Crippen LogP contribution in [-0.4, -0.2) is 39.0 Å². The quantitative estimate of drug-likeness (QED) is 0.794. The van der Waals surface area contributed by atoms with Crippen LogP contribution in [0, 0.1) is 11.8 Å². The predicted molar refractivity (Wildman–Crippen MR) is 73.1 cm³/mol. The number of hydrogen-bond donors (Lipinski definition) is 2. The van der Waals surface area contributed by atoms with Gasteiger partial charge in [-0.1, -0.05) is 19.3 Å². The Hall–Kier alpha value is -0.170. The van der Waals surface area contributed by atoms with Crippen LogP contribution in [-0.2, 0) is 14.8 Å². The second kappa shape index (κ2) is 5.31. The maximum Gasteiger partial charge on any atom is 0.212 e. The van der Waals surface area contributed by atoms with E-state index in [9.17, 15) is 8.42 Å². The van der Waals surface area contributed by atoms with Gasteiger partial charge in [-0.15, -0.1) is 0 Å². The van der Waals surface area contributed by atoms with Crippen molar-refractivity contribution in [3.05, 3.63) is 0 Å². The highest BCUT2D eigenvalue weighted by molar-refractivity contribution is 7.89. The van der Waals surface area contributed by atoms with E-state index in [0.717, 1.165) is 32.1 Å². The second-order valence-corrected chi connectivity index (χ2v) is 8.09. The molecule has 3 aliphatic rings. The molecule has 4 unspecified atom stereocenters. The number of nitrogens with one attached hydrogen (secondary N) is 1. The third kappa shape index (κ3) is 2.82. The van der Waals surface area contributed by atoms with Crippen molar-refractivity contribution in [3.8, 4) is 0 Å². The molecule has 3 N–H and O–H groups in total. The minimum atomic E-state index is -3.22. The monoisotopic (exact) mass is 288 g/mol. The van der Waals surface area contributed by atoms with Gasteiger partial charge in [-0.05, 0) is 25.2 Å². The largest absolute Gasteiger partial charge is 0.376 e. The van der Waals surface area contributed by atoms with Gasteiger partial charge in [0.1, 0.15) is 0 Å². The van der Waals surface area contributed by atoms with Crippen LogP contribution in [0.15, 0.2) is 0 Å². The lowest BCUT2D eigenvalue weighted by molar-refractivity contribution is -0.00928. The van der Waals surface area contributed by atoms with Crippen molar-refractivity contribution < 1.29 is 13.2 Å². The molecule has 0 radical (unpaired) electrons. The summed E-state index contributed by atoms with van der Waals surface area (Å²) in [5.74, 6) is 0.929. The van der Waals surface area contributed by atoms with Gasteiger partial charge in [0.15, 0.2) is 0 Å². The van der Waals surface area contributed by atoms with Crippen LogP contribution in [0.4, 0.5) is 0 Å². The summed E-state index contributed by atoms with van der Waals surface area (Å²) < 4.78 is 32.8. The van der Waals surface area contributed by atoms with Crippen molar-refractivity contribution >= 4 is 10.0 Å². The van der Waals surface area contributed by atoms with E-state index in [1.54, 1.807) is 0 Å². The van der Waals surface area contributed by atoms with E-state index >= 15 is 0 Å². The molecule has 4 atom stereocenters. The Morgan fingerprint density at radius 1 is 1.16 bits per heavy atom. The highest BCUT2D eigenvalue weighted by Crippen LogP contribution is 2.38.